The molecular weight excluding hydrogens is 398 g/mol. The highest BCUT2D eigenvalue weighted by atomic mass is 16.5. The summed E-state index contributed by atoms with van der Waals surface area (Å²) in [5.74, 6) is -0.140. The Morgan fingerprint density at radius 3 is 2.23 bits per heavy atom. The molecule has 0 atom stereocenters. The monoisotopic (exact) mass is 425 g/mol. The fraction of sp³-hybridized carbons (Fsp3) is 0.261. The second kappa shape index (κ2) is 11.4. The lowest BCUT2D eigenvalue weighted by atomic mass is 10.1. The zero-order valence-electron chi connectivity index (χ0n) is 18.1. The number of carbonyl (C=O) groups excluding carboxylic acids is 3. The lowest BCUT2D eigenvalue weighted by Crippen LogP contribution is -2.41. The van der Waals surface area contributed by atoms with Gasteiger partial charge in [0, 0.05) is 24.6 Å². The van der Waals surface area contributed by atoms with Gasteiger partial charge in [0.1, 0.15) is 0 Å². The Hall–Kier alpha value is -3.81. The number of carbonyl (C=O) groups is 3. The zero-order valence-corrected chi connectivity index (χ0v) is 18.1. The van der Waals surface area contributed by atoms with Gasteiger partial charge in [0.15, 0.2) is 11.5 Å². The molecule has 0 spiro atoms. The van der Waals surface area contributed by atoms with E-state index in [1.165, 1.54) is 20.3 Å². The van der Waals surface area contributed by atoms with Crippen LogP contribution < -0.4 is 25.6 Å². The molecule has 2 aromatic carbocycles. The number of hydrogen-bond donors (Lipinski definition) is 3. The molecule has 8 heteroatoms. The largest absolute Gasteiger partial charge is 0.493 e. The molecule has 0 radical (unpaired) electrons. The summed E-state index contributed by atoms with van der Waals surface area (Å²) in [6.45, 7) is 3.95. The van der Waals surface area contributed by atoms with E-state index in [2.05, 4.69) is 16.2 Å². The van der Waals surface area contributed by atoms with Gasteiger partial charge in [-0.2, -0.15) is 0 Å². The number of amides is 3. The number of rotatable bonds is 8. The van der Waals surface area contributed by atoms with Crippen molar-refractivity contribution in [1.29, 1.82) is 0 Å². The Morgan fingerprint density at radius 2 is 1.55 bits per heavy atom. The lowest BCUT2D eigenvalue weighted by molar-refractivity contribution is -0.128. The topological polar surface area (TPSA) is 106 Å². The summed E-state index contributed by atoms with van der Waals surface area (Å²) in [4.78, 5) is 35.8. The maximum absolute atomic E-state index is 12.0. The number of ether oxygens (including phenoxy) is 2. The van der Waals surface area contributed by atoms with Crippen molar-refractivity contribution < 1.29 is 23.9 Å². The summed E-state index contributed by atoms with van der Waals surface area (Å²) >= 11 is 0. The van der Waals surface area contributed by atoms with E-state index in [1.54, 1.807) is 24.3 Å². The summed E-state index contributed by atoms with van der Waals surface area (Å²) in [6.07, 6.45) is 2.78. The van der Waals surface area contributed by atoms with Crippen LogP contribution in [0.4, 0.5) is 5.69 Å². The first-order valence-corrected chi connectivity index (χ1v) is 9.68. The Bertz CT molecular complexity index is 985. The maximum atomic E-state index is 12.0. The molecule has 3 N–H and O–H groups in total. The summed E-state index contributed by atoms with van der Waals surface area (Å²) in [5, 5.41) is 2.75. The Balaban J connectivity index is 1.75. The van der Waals surface area contributed by atoms with E-state index in [-0.39, 0.29) is 18.7 Å². The first kappa shape index (κ1) is 23.5. The Labute approximate surface area is 181 Å². The van der Waals surface area contributed by atoms with Gasteiger partial charge in [-0.25, -0.2) is 0 Å². The van der Waals surface area contributed by atoms with Gasteiger partial charge in [0.05, 0.1) is 14.2 Å². The molecule has 0 heterocycles. The van der Waals surface area contributed by atoms with Crippen LogP contribution in [0.5, 0.6) is 11.5 Å². The van der Waals surface area contributed by atoms with Crippen LogP contribution in [0.15, 0.2) is 42.5 Å². The van der Waals surface area contributed by atoms with Crippen molar-refractivity contribution in [3.8, 4) is 11.5 Å². The Morgan fingerprint density at radius 1 is 0.839 bits per heavy atom. The molecule has 3 amide bonds. The molecule has 0 saturated heterocycles. The van der Waals surface area contributed by atoms with Gasteiger partial charge in [-0.15, -0.1) is 0 Å². The number of hydrazine groups is 1. The molecule has 0 unspecified atom stereocenters. The fourth-order valence-electron chi connectivity index (χ4n) is 2.63. The molecule has 0 aliphatic rings. The molecule has 0 saturated carbocycles. The van der Waals surface area contributed by atoms with Crippen molar-refractivity contribution >= 4 is 29.5 Å². The van der Waals surface area contributed by atoms with Crippen molar-refractivity contribution in [2.24, 2.45) is 0 Å². The van der Waals surface area contributed by atoms with Crippen LogP contribution in [0.2, 0.25) is 0 Å². The zero-order chi connectivity index (χ0) is 22.8. The average Bonchev–Trinajstić information content (AvgIpc) is 2.77. The van der Waals surface area contributed by atoms with Gasteiger partial charge in [-0.05, 0) is 60.9 Å². The van der Waals surface area contributed by atoms with E-state index in [1.807, 2.05) is 32.0 Å². The van der Waals surface area contributed by atoms with Gasteiger partial charge in [-0.3, -0.25) is 25.2 Å². The minimum absolute atomic E-state index is 0.00386. The maximum Gasteiger partial charge on any atom is 0.262 e. The van der Waals surface area contributed by atoms with Crippen molar-refractivity contribution in [3.63, 3.8) is 0 Å². The minimum atomic E-state index is -0.511. The molecule has 31 heavy (non-hydrogen) atoms. The smallest absolute Gasteiger partial charge is 0.262 e. The Kier molecular flexibility index (Phi) is 8.63. The van der Waals surface area contributed by atoms with E-state index < -0.39 is 11.8 Å². The van der Waals surface area contributed by atoms with E-state index in [4.69, 9.17) is 9.47 Å². The van der Waals surface area contributed by atoms with E-state index in [0.29, 0.717) is 17.2 Å². The van der Waals surface area contributed by atoms with Gasteiger partial charge in [0.2, 0.25) is 11.8 Å². The highest BCUT2D eigenvalue weighted by Gasteiger charge is 2.09. The number of nitrogens with one attached hydrogen (secondary N) is 3. The van der Waals surface area contributed by atoms with Gasteiger partial charge in [-0.1, -0.05) is 12.1 Å². The van der Waals surface area contributed by atoms with Crippen molar-refractivity contribution in [3.05, 3.63) is 59.2 Å². The van der Waals surface area contributed by atoms with E-state index in [0.717, 1.165) is 16.7 Å². The highest BCUT2D eigenvalue weighted by Crippen LogP contribution is 2.27. The molecule has 0 fully saturated rings. The second-order valence-electron chi connectivity index (χ2n) is 6.83. The molecule has 0 bridgehead atoms. The van der Waals surface area contributed by atoms with Crippen LogP contribution in [0, 0.1) is 13.8 Å². The number of benzene rings is 2. The van der Waals surface area contributed by atoms with Gasteiger partial charge < -0.3 is 14.8 Å². The summed E-state index contributed by atoms with van der Waals surface area (Å²) < 4.78 is 10.4. The first-order valence-electron chi connectivity index (χ1n) is 9.68. The van der Waals surface area contributed by atoms with Gasteiger partial charge >= 0.3 is 0 Å². The number of hydrogen-bond acceptors (Lipinski definition) is 5. The summed E-state index contributed by atoms with van der Waals surface area (Å²) in [7, 11) is 3.06. The lowest BCUT2D eigenvalue weighted by Gasteiger charge is -2.08. The third-order valence-corrected chi connectivity index (χ3v) is 4.53. The third-order valence-electron chi connectivity index (χ3n) is 4.53. The molecule has 8 nitrogen and oxygen atoms in total. The van der Waals surface area contributed by atoms with E-state index in [9.17, 15) is 14.4 Å². The first-order chi connectivity index (χ1) is 14.8. The quantitative estimate of drug-likeness (QED) is 0.445. The molecule has 0 aliphatic carbocycles. The molecule has 2 aromatic rings. The third kappa shape index (κ3) is 7.50. The summed E-state index contributed by atoms with van der Waals surface area (Å²) in [6, 6.07) is 10.8. The normalized spacial score (nSPS) is 10.5. The van der Waals surface area contributed by atoms with Crippen LogP contribution in [-0.4, -0.2) is 31.9 Å². The van der Waals surface area contributed by atoms with Crippen molar-refractivity contribution in [2.45, 2.75) is 26.7 Å². The summed E-state index contributed by atoms with van der Waals surface area (Å²) in [5.41, 5.74) is 8.17. The van der Waals surface area contributed by atoms with E-state index >= 15 is 0 Å². The molecule has 0 aliphatic heterocycles. The molecular formula is C23H27N3O5. The van der Waals surface area contributed by atoms with Crippen molar-refractivity contribution in [1.82, 2.24) is 10.9 Å². The van der Waals surface area contributed by atoms with Crippen LogP contribution in [0.25, 0.3) is 6.08 Å². The standard InChI is InChI=1S/C23H27N3O5/c1-15-5-8-18(13-16(15)2)24-21(27)11-12-23(29)26-25-22(28)10-7-17-6-9-19(30-3)20(14-17)31-4/h5-10,13-14H,11-12H2,1-4H3,(H,24,27)(H,25,28)(H,26,29)/b10-7+. The fourth-order valence-corrected chi connectivity index (χ4v) is 2.63. The number of methoxy groups -OCH3 is 2. The predicted molar refractivity (Wildman–Crippen MR) is 119 cm³/mol. The highest BCUT2D eigenvalue weighted by molar-refractivity contribution is 5.95. The van der Waals surface area contributed by atoms with Crippen LogP contribution >= 0.6 is 0 Å². The molecule has 164 valence electrons. The molecule has 0 aromatic heterocycles. The number of aryl methyl sites for hydroxylation is 2. The SMILES string of the molecule is COc1ccc(/C=C/C(=O)NNC(=O)CCC(=O)Nc2ccc(C)c(C)c2)cc1OC. The van der Waals surface area contributed by atoms with Crippen LogP contribution in [0.3, 0.4) is 0 Å². The number of anilines is 1. The average molecular weight is 425 g/mol. The molecule has 2 rings (SSSR count). The second-order valence-corrected chi connectivity index (χ2v) is 6.83. The predicted octanol–water partition coefficient (Wildman–Crippen LogP) is 2.90. The van der Waals surface area contributed by atoms with Crippen molar-refractivity contribution in [2.75, 3.05) is 19.5 Å². The minimum Gasteiger partial charge on any atom is -0.493 e. The van der Waals surface area contributed by atoms with Gasteiger partial charge in [0.25, 0.3) is 5.91 Å². The van der Waals surface area contributed by atoms with Crippen LogP contribution in [-0.2, 0) is 14.4 Å². The van der Waals surface area contributed by atoms with Crippen LogP contribution in [0.1, 0.15) is 29.5 Å².